The zero-order valence-corrected chi connectivity index (χ0v) is 6.00. The van der Waals surface area contributed by atoms with E-state index in [1.54, 1.807) is 0 Å². The van der Waals surface area contributed by atoms with E-state index in [1.807, 2.05) is 0 Å². The highest BCUT2D eigenvalue weighted by atomic mass is 32.2. The molecule has 2 saturated heterocycles. The van der Waals surface area contributed by atoms with Crippen LogP contribution in [0.2, 0.25) is 0 Å². The van der Waals surface area contributed by atoms with Crippen LogP contribution in [0.4, 0.5) is 9.18 Å². The van der Waals surface area contributed by atoms with Crippen molar-refractivity contribution in [3.8, 4) is 0 Å². The fraction of sp³-hybridized carbons (Fsp3) is 0.800. The number of carbonyl (C=O) groups is 1. The average Bonchev–Trinajstić information content (AvgIpc) is 2.20. The molecule has 0 aromatic heterocycles. The van der Waals surface area contributed by atoms with Crippen LogP contribution in [0.3, 0.4) is 0 Å². The maximum atomic E-state index is 13.3. The van der Waals surface area contributed by atoms with Crippen molar-refractivity contribution in [3.05, 3.63) is 0 Å². The lowest BCUT2D eigenvalue weighted by Gasteiger charge is -2.14. The summed E-state index contributed by atoms with van der Waals surface area (Å²) in [5.41, 5.74) is 0. The Morgan fingerprint density at radius 1 is 1.80 bits per heavy atom. The van der Waals surface area contributed by atoms with Crippen LogP contribution >= 0.6 is 11.8 Å². The molecule has 0 spiro atoms. The molecular formula is C5H7FN2OS. The van der Waals surface area contributed by atoms with E-state index in [9.17, 15) is 9.18 Å². The Labute approximate surface area is 61.7 Å². The van der Waals surface area contributed by atoms with Crippen molar-refractivity contribution in [3.63, 3.8) is 0 Å². The van der Waals surface area contributed by atoms with E-state index < -0.39 is 5.79 Å². The number of thioether (sulfide) groups is 1. The monoisotopic (exact) mass is 162 g/mol. The maximum absolute atomic E-state index is 13.3. The molecule has 2 fully saturated rings. The molecule has 2 rings (SSSR count). The molecule has 2 aliphatic rings. The third kappa shape index (κ3) is 0.697. The van der Waals surface area contributed by atoms with Crippen LogP contribution in [0.25, 0.3) is 0 Å². The van der Waals surface area contributed by atoms with Crippen molar-refractivity contribution >= 4 is 17.8 Å². The van der Waals surface area contributed by atoms with Crippen molar-refractivity contribution in [2.45, 2.75) is 11.8 Å². The first-order valence-electron chi connectivity index (χ1n) is 3.06. The van der Waals surface area contributed by atoms with E-state index in [2.05, 4.69) is 10.6 Å². The quantitative estimate of drug-likeness (QED) is 0.391. The molecule has 2 N–H and O–H groups in total. The number of urea groups is 1. The van der Waals surface area contributed by atoms with Gasteiger partial charge in [0.15, 0.2) is 0 Å². The highest BCUT2D eigenvalue weighted by molar-refractivity contribution is 7.99. The summed E-state index contributed by atoms with van der Waals surface area (Å²) in [6, 6.07) is -0.696. The first-order chi connectivity index (χ1) is 4.71. The predicted molar refractivity (Wildman–Crippen MR) is 36.6 cm³/mol. The second-order valence-corrected chi connectivity index (χ2v) is 3.56. The van der Waals surface area contributed by atoms with E-state index in [-0.39, 0.29) is 12.1 Å². The van der Waals surface area contributed by atoms with Crippen LogP contribution in [0.15, 0.2) is 0 Å². The molecule has 0 aliphatic carbocycles. The molecule has 2 heterocycles. The number of nitrogens with one attached hydrogen (secondary N) is 2. The van der Waals surface area contributed by atoms with Crippen molar-refractivity contribution in [2.75, 3.05) is 11.5 Å². The van der Waals surface area contributed by atoms with Gasteiger partial charge in [0.1, 0.15) is 0 Å². The number of amides is 2. The Morgan fingerprint density at radius 3 is 3.30 bits per heavy atom. The Morgan fingerprint density at radius 2 is 2.60 bits per heavy atom. The molecule has 56 valence electrons. The number of hydrogen-bond donors (Lipinski definition) is 2. The van der Waals surface area contributed by atoms with Gasteiger partial charge >= 0.3 is 6.03 Å². The topological polar surface area (TPSA) is 41.1 Å². The fourth-order valence-electron chi connectivity index (χ4n) is 1.22. The normalized spacial score (nSPS) is 44.5. The molecule has 0 bridgehead atoms. The van der Waals surface area contributed by atoms with E-state index >= 15 is 0 Å². The zero-order valence-electron chi connectivity index (χ0n) is 5.19. The summed E-state index contributed by atoms with van der Waals surface area (Å²) in [5, 5.41) is 4.77. The number of carbonyl (C=O) groups excluding carboxylic acids is 1. The highest BCUT2D eigenvalue weighted by Gasteiger charge is 2.50. The van der Waals surface area contributed by atoms with Gasteiger partial charge in [-0.3, -0.25) is 0 Å². The molecule has 10 heavy (non-hydrogen) atoms. The number of rotatable bonds is 0. The molecule has 0 radical (unpaired) electrons. The number of hydrogen-bond acceptors (Lipinski definition) is 2. The third-order valence-corrected chi connectivity index (χ3v) is 2.97. The zero-order chi connectivity index (χ0) is 7.19. The van der Waals surface area contributed by atoms with E-state index in [0.29, 0.717) is 11.5 Å². The SMILES string of the molecule is O=C1NC2CSCC2(F)N1. The van der Waals surface area contributed by atoms with Gasteiger partial charge in [-0.25, -0.2) is 9.18 Å². The van der Waals surface area contributed by atoms with Gasteiger partial charge in [0.25, 0.3) is 0 Å². The second-order valence-electron chi connectivity index (χ2n) is 2.53. The van der Waals surface area contributed by atoms with Crippen LogP contribution in [-0.2, 0) is 0 Å². The van der Waals surface area contributed by atoms with Crippen LogP contribution < -0.4 is 10.6 Å². The van der Waals surface area contributed by atoms with E-state index in [1.165, 1.54) is 11.8 Å². The second kappa shape index (κ2) is 1.78. The Kier molecular flexibility index (Phi) is 1.12. The number of fused-ring (bicyclic) bond motifs is 1. The lowest BCUT2D eigenvalue weighted by molar-refractivity contribution is 0.165. The molecule has 2 atom stereocenters. The molecule has 2 aliphatic heterocycles. The van der Waals surface area contributed by atoms with Gasteiger partial charge in [-0.1, -0.05) is 0 Å². The van der Waals surface area contributed by atoms with Gasteiger partial charge in [-0.2, -0.15) is 11.8 Å². The van der Waals surface area contributed by atoms with Crippen molar-refractivity contribution in [2.24, 2.45) is 0 Å². The van der Waals surface area contributed by atoms with Crippen LogP contribution in [-0.4, -0.2) is 29.4 Å². The van der Waals surface area contributed by atoms with Crippen molar-refractivity contribution in [1.82, 2.24) is 10.6 Å². The van der Waals surface area contributed by atoms with Gasteiger partial charge < -0.3 is 10.6 Å². The van der Waals surface area contributed by atoms with Gasteiger partial charge in [-0.15, -0.1) is 0 Å². The van der Waals surface area contributed by atoms with Crippen LogP contribution in [0.5, 0.6) is 0 Å². The van der Waals surface area contributed by atoms with Gasteiger partial charge in [0.05, 0.1) is 6.04 Å². The first-order valence-corrected chi connectivity index (χ1v) is 4.21. The molecule has 0 aromatic carbocycles. The summed E-state index contributed by atoms with van der Waals surface area (Å²) in [4.78, 5) is 10.6. The summed E-state index contributed by atoms with van der Waals surface area (Å²) >= 11 is 1.51. The summed E-state index contributed by atoms with van der Waals surface area (Å²) in [6.45, 7) is 0. The number of alkyl halides is 1. The standard InChI is InChI=1S/C5H7FN2OS/c6-5-2-10-1-3(5)7-4(9)8-5/h3H,1-2H2,(H2,7,8,9). The third-order valence-electron chi connectivity index (χ3n) is 1.78. The molecule has 0 saturated carbocycles. The molecule has 5 heteroatoms. The molecular weight excluding hydrogens is 155 g/mol. The maximum Gasteiger partial charge on any atom is 0.317 e. The lowest BCUT2D eigenvalue weighted by atomic mass is 10.2. The van der Waals surface area contributed by atoms with E-state index in [0.717, 1.165) is 0 Å². The fourth-order valence-corrected chi connectivity index (χ4v) is 2.49. The first kappa shape index (κ1) is 6.27. The van der Waals surface area contributed by atoms with Crippen LogP contribution in [0.1, 0.15) is 0 Å². The average molecular weight is 162 g/mol. The Bertz CT molecular complexity index is 188. The van der Waals surface area contributed by atoms with E-state index in [4.69, 9.17) is 0 Å². The van der Waals surface area contributed by atoms with Crippen molar-refractivity contribution in [1.29, 1.82) is 0 Å². The minimum atomic E-state index is -1.47. The smallest absolute Gasteiger partial charge is 0.317 e. The Balaban J connectivity index is 2.22. The summed E-state index contributed by atoms with van der Waals surface area (Å²) in [5.74, 6) is -0.423. The largest absolute Gasteiger partial charge is 0.329 e. The predicted octanol–water partition coefficient (Wildman–Crippen LogP) is 0.0804. The molecule has 2 amide bonds. The summed E-state index contributed by atoms with van der Waals surface area (Å²) < 4.78 is 13.3. The van der Waals surface area contributed by atoms with Gasteiger partial charge in [0, 0.05) is 11.5 Å². The molecule has 0 aromatic rings. The minimum absolute atomic E-state index is 0.315. The van der Waals surface area contributed by atoms with Gasteiger partial charge in [0.2, 0.25) is 5.79 Å². The highest BCUT2D eigenvalue weighted by Crippen LogP contribution is 2.32. The van der Waals surface area contributed by atoms with Crippen molar-refractivity contribution < 1.29 is 9.18 Å². The molecule has 3 nitrogen and oxygen atoms in total. The van der Waals surface area contributed by atoms with Crippen LogP contribution in [0, 0.1) is 0 Å². The lowest BCUT2D eigenvalue weighted by Crippen LogP contribution is -2.44. The minimum Gasteiger partial charge on any atom is -0.329 e. The number of halogens is 1. The molecule has 2 unspecified atom stereocenters. The van der Waals surface area contributed by atoms with Gasteiger partial charge in [-0.05, 0) is 0 Å². The Hall–Kier alpha value is -0.450. The summed E-state index contributed by atoms with van der Waals surface area (Å²) in [6.07, 6.45) is 0. The summed E-state index contributed by atoms with van der Waals surface area (Å²) in [7, 11) is 0.